The molecule has 0 radical (unpaired) electrons. The quantitative estimate of drug-likeness (QED) is 0.633. The highest BCUT2D eigenvalue weighted by Crippen LogP contribution is 2.24. The fraction of sp³-hybridized carbons (Fsp3) is 0.429. The molecule has 0 aromatic heterocycles. The third-order valence-corrected chi connectivity index (χ3v) is 4.38. The Kier molecular flexibility index (Phi) is 5.65. The molecule has 1 heterocycles. The second-order valence-corrected chi connectivity index (χ2v) is 6.73. The normalized spacial score (nSPS) is 18.6. The molecule has 0 amide bonds. The van der Waals surface area contributed by atoms with Crippen molar-refractivity contribution in [3.05, 3.63) is 71.6 Å². The van der Waals surface area contributed by atoms with Crippen LogP contribution < -0.4 is 0 Å². The lowest BCUT2D eigenvalue weighted by Gasteiger charge is -2.30. The first-order chi connectivity index (χ1) is 10.5. The molecule has 1 aliphatic heterocycles. The van der Waals surface area contributed by atoms with E-state index in [1.807, 2.05) is 0 Å². The van der Waals surface area contributed by atoms with Gasteiger partial charge in [0.15, 0.2) is 0 Å². The Bertz CT molecular complexity index is 560. The molecule has 0 spiro atoms. The third-order valence-electron chi connectivity index (χ3n) is 4.38. The molecule has 118 valence electrons. The molecule has 2 rings (SSSR count). The van der Waals surface area contributed by atoms with Crippen LogP contribution in [0, 0.1) is 0 Å². The van der Waals surface area contributed by atoms with Crippen molar-refractivity contribution in [2.24, 2.45) is 0 Å². The van der Waals surface area contributed by atoms with Crippen LogP contribution in [0.2, 0.25) is 0 Å². The van der Waals surface area contributed by atoms with Gasteiger partial charge < -0.3 is 4.90 Å². The van der Waals surface area contributed by atoms with Crippen molar-refractivity contribution in [1.82, 2.24) is 4.90 Å². The van der Waals surface area contributed by atoms with Crippen molar-refractivity contribution in [2.75, 3.05) is 6.54 Å². The van der Waals surface area contributed by atoms with Crippen molar-refractivity contribution in [3.63, 3.8) is 0 Å². The first-order valence-corrected chi connectivity index (χ1v) is 8.35. The highest BCUT2D eigenvalue weighted by atomic mass is 15.1. The number of nitrogens with zero attached hydrogens (tertiary/aromatic N) is 1. The maximum Gasteiger partial charge on any atom is 0.0227 e. The average Bonchev–Trinajstić information content (AvgIpc) is 2.45. The van der Waals surface area contributed by atoms with E-state index in [4.69, 9.17) is 0 Å². The number of hydrogen-bond donors (Lipinski definition) is 0. The first-order valence-electron chi connectivity index (χ1n) is 8.35. The largest absolute Gasteiger partial charge is 0.349 e. The summed E-state index contributed by atoms with van der Waals surface area (Å²) in [5.74, 6) is 0.584. The van der Waals surface area contributed by atoms with Gasteiger partial charge in [-0.3, -0.25) is 0 Å². The van der Waals surface area contributed by atoms with Crippen molar-refractivity contribution in [1.29, 1.82) is 0 Å². The number of allylic oxidation sites excluding steroid dienone is 3. The average molecular weight is 295 g/mol. The van der Waals surface area contributed by atoms with E-state index >= 15 is 0 Å². The SMILES string of the molecule is C=C1C/C(C)=C\CCCN1C(=C)Cc1ccc(C(C)C)cc1. The molecule has 22 heavy (non-hydrogen) atoms. The molecule has 0 unspecified atom stereocenters. The second kappa shape index (κ2) is 7.49. The maximum atomic E-state index is 4.32. The van der Waals surface area contributed by atoms with Crippen LogP contribution in [-0.4, -0.2) is 11.4 Å². The molecule has 1 heteroatoms. The van der Waals surface area contributed by atoms with E-state index < -0.39 is 0 Å². The second-order valence-electron chi connectivity index (χ2n) is 6.73. The van der Waals surface area contributed by atoms with Gasteiger partial charge in [-0.15, -0.1) is 0 Å². The van der Waals surface area contributed by atoms with E-state index in [9.17, 15) is 0 Å². The highest BCUT2D eigenvalue weighted by Gasteiger charge is 2.14. The highest BCUT2D eigenvalue weighted by molar-refractivity contribution is 5.28. The minimum Gasteiger partial charge on any atom is -0.349 e. The molecule has 0 aliphatic carbocycles. The minimum atomic E-state index is 0.584. The lowest BCUT2D eigenvalue weighted by atomic mass is 9.99. The minimum absolute atomic E-state index is 0.584. The van der Waals surface area contributed by atoms with Crippen LogP contribution in [0.25, 0.3) is 0 Å². The Labute approximate surface area is 136 Å². The van der Waals surface area contributed by atoms with Gasteiger partial charge in [0.2, 0.25) is 0 Å². The van der Waals surface area contributed by atoms with Gasteiger partial charge in [0.25, 0.3) is 0 Å². The zero-order valence-corrected chi connectivity index (χ0v) is 14.4. The predicted molar refractivity (Wildman–Crippen MR) is 96.8 cm³/mol. The molecule has 0 N–H and O–H groups in total. The molecule has 0 bridgehead atoms. The van der Waals surface area contributed by atoms with E-state index in [0.29, 0.717) is 5.92 Å². The van der Waals surface area contributed by atoms with Crippen molar-refractivity contribution >= 4 is 0 Å². The molecule has 0 saturated heterocycles. The van der Waals surface area contributed by atoms with Gasteiger partial charge in [0.05, 0.1) is 0 Å². The van der Waals surface area contributed by atoms with E-state index in [0.717, 1.165) is 31.5 Å². The maximum absolute atomic E-state index is 4.32. The molecule has 1 aromatic carbocycles. The third kappa shape index (κ3) is 4.37. The van der Waals surface area contributed by atoms with Crippen molar-refractivity contribution in [3.8, 4) is 0 Å². The van der Waals surface area contributed by atoms with Gasteiger partial charge in [-0.05, 0) is 36.8 Å². The summed E-state index contributed by atoms with van der Waals surface area (Å²) in [6, 6.07) is 8.95. The Morgan fingerprint density at radius 1 is 1.23 bits per heavy atom. The smallest absolute Gasteiger partial charge is 0.0227 e. The fourth-order valence-electron chi connectivity index (χ4n) is 2.98. The van der Waals surface area contributed by atoms with Crippen LogP contribution >= 0.6 is 0 Å². The summed E-state index contributed by atoms with van der Waals surface area (Å²) in [6.45, 7) is 16.3. The van der Waals surface area contributed by atoms with Gasteiger partial charge >= 0.3 is 0 Å². The Morgan fingerprint density at radius 2 is 1.91 bits per heavy atom. The van der Waals surface area contributed by atoms with Crippen LogP contribution in [0.3, 0.4) is 0 Å². The van der Waals surface area contributed by atoms with E-state index in [-0.39, 0.29) is 0 Å². The molecular formula is C21H29N. The molecule has 0 fully saturated rings. The molecule has 0 atom stereocenters. The monoisotopic (exact) mass is 295 g/mol. The molecule has 0 saturated carbocycles. The molecule has 1 nitrogen and oxygen atoms in total. The van der Waals surface area contributed by atoms with Gasteiger partial charge in [-0.1, -0.05) is 62.9 Å². The Morgan fingerprint density at radius 3 is 2.55 bits per heavy atom. The molecule has 1 aliphatic rings. The Hall–Kier alpha value is -1.76. The van der Waals surface area contributed by atoms with Crippen LogP contribution in [-0.2, 0) is 6.42 Å². The van der Waals surface area contributed by atoms with Gasteiger partial charge in [0.1, 0.15) is 0 Å². The lowest BCUT2D eigenvalue weighted by molar-refractivity contribution is 0.399. The van der Waals surface area contributed by atoms with Crippen molar-refractivity contribution < 1.29 is 0 Å². The van der Waals surface area contributed by atoms with Crippen LogP contribution in [0.5, 0.6) is 0 Å². The molecular weight excluding hydrogens is 266 g/mol. The van der Waals surface area contributed by atoms with Crippen LogP contribution in [0.1, 0.15) is 57.1 Å². The van der Waals surface area contributed by atoms with E-state index in [2.05, 4.69) is 69.2 Å². The van der Waals surface area contributed by atoms with Gasteiger partial charge in [-0.25, -0.2) is 0 Å². The zero-order valence-electron chi connectivity index (χ0n) is 14.4. The number of benzene rings is 1. The van der Waals surface area contributed by atoms with Crippen LogP contribution in [0.4, 0.5) is 0 Å². The zero-order chi connectivity index (χ0) is 16.1. The lowest BCUT2D eigenvalue weighted by Crippen LogP contribution is -2.25. The topological polar surface area (TPSA) is 3.24 Å². The first kappa shape index (κ1) is 16.6. The summed E-state index contributed by atoms with van der Waals surface area (Å²) in [5.41, 5.74) is 6.49. The van der Waals surface area contributed by atoms with Crippen molar-refractivity contribution in [2.45, 2.75) is 52.4 Å². The molecule has 1 aromatic rings. The summed E-state index contributed by atoms with van der Waals surface area (Å²) in [7, 11) is 0. The summed E-state index contributed by atoms with van der Waals surface area (Å²) >= 11 is 0. The van der Waals surface area contributed by atoms with E-state index in [1.165, 1.54) is 28.8 Å². The van der Waals surface area contributed by atoms with Gasteiger partial charge in [0, 0.05) is 30.8 Å². The summed E-state index contributed by atoms with van der Waals surface area (Å²) < 4.78 is 0. The number of rotatable bonds is 4. The van der Waals surface area contributed by atoms with Gasteiger partial charge in [-0.2, -0.15) is 0 Å². The summed E-state index contributed by atoms with van der Waals surface area (Å²) in [5, 5.41) is 0. The van der Waals surface area contributed by atoms with Crippen LogP contribution in [0.15, 0.2) is 60.5 Å². The summed E-state index contributed by atoms with van der Waals surface area (Å²) in [4.78, 5) is 2.33. The Balaban J connectivity index is 2.04. The predicted octanol–water partition coefficient (Wildman–Crippen LogP) is 5.81. The number of hydrogen-bond acceptors (Lipinski definition) is 1. The standard InChI is InChI=1S/C21H29N/c1-16(2)21-11-9-20(10-12-21)15-19(5)22-13-7-6-8-17(3)14-18(22)4/h8-12,16H,4-7,13-15H2,1-3H3/b17-8-. The fourth-order valence-corrected chi connectivity index (χ4v) is 2.98. The summed E-state index contributed by atoms with van der Waals surface area (Å²) in [6.07, 6.45) is 6.54. The van der Waals surface area contributed by atoms with E-state index in [1.54, 1.807) is 0 Å².